The Morgan fingerprint density at radius 1 is 0.963 bits per heavy atom. The molecule has 0 aromatic heterocycles. The van der Waals surface area contributed by atoms with Crippen LogP contribution in [0.5, 0.6) is 11.5 Å². The average molecular weight is 775 g/mol. The third kappa shape index (κ3) is 9.19. The Hall–Kier alpha value is -4.60. The van der Waals surface area contributed by atoms with Gasteiger partial charge in [-0.15, -0.1) is 0 Å². The molecular formula is C38H45F3N4O8S. The molecule has 0 radical (unpaired) electrons. The third-order valence-electron chi connectivity index (χ3n) is 9.98. The molecule has 12 nitrogen and oxygen atoms in total. The lowest BCUT2D eigenvalue weighted by Gasteiger charge is -2.39. The van der Waals surface area contributed by atoms with Crippen LogP contribution in [0.2, 0.25) is 0 Å². The molecule has 2 heterocycles. The summed E-state index contributed by atoms with van der Waals surface area (Å²) >= 11 is 0. The highest BCUT2D eigenvalue weighted by Crippen LogP contribution is 2.46. The SMILES string of the molecule is CC(C)(C)OC(=O)N[C@H]1CCCCC/C=C\[C@@H]2C[C@@]2(C(=O)NS(=O)(=O)C2CC2)NC(=O)C2Cc3cc(Oc4cccc(C(F)(F)F)c4)ccc3CN2C1=O. The lowest BCUT2D eigenvalue weighted by Crippen LogP contribution is -2.61. The van der Waals surface area contributed by atoms with Crippen molar-refractivity contribution in [2.75, 3.05) is 0 Å². The number of benzene rings is 2. The summed E-state index contributed by atoms with van der Waals surface area (Å²) in [6.07, 6.45) is 2.23. The molecule has 4 amide bonds. The van der Waals surface area contributed by atoms with Gasteiger partial charge in [0.25, 0.3) is 5.91 Å². The van der Waals surface area contributed by atoms with Crippen LogP contribution in [0.15, 0.2) is 54.6 Å². The number of alkyl carbamates (subject to hydrolysis) is 1. The summed E-state index contributed by atoms with van der Waals surface area (Å²) in [5.74, 6) is -2.46. The Kier molecular flexibility index (Phi) is 10.8. The molecule has 0 spiro atoms. The summed E-state index contributed by atoms with van der Waals surface area (Å²) in [4.78, 5) is 56.9. The van der Waals surface area contributed by atoms with Crippen molar-refractivity contribution in [3.8, 4) is 11.5 Å². The molecule has 54 heavy (non-hydrogen) atoms. The summed E-state index contributed by atoms with van der Waals surface area (Å²) in [5, 5.41) is 4.84. The first-order valence-corrected chi connectivity index (χ1v) is 19.7. The second-order valence-electron chi connectivity index (χ2n) is 15.5. The molecule has 3 N–H and O–H groups in total. The Morgan fingerprint density at radius 2 is 1.70 bits per heavy atom. The standard InChI is InChI=1S/C38H45F3N4O8S/c1-36(2,3)53-35(49)42-30-13-8-6-4-5-7-10-26-21-37(26,34(48)44-54(50,51)29-16-17-29)43-32(46)31-19-24-18-28(15-14-23(24)22-45(31)33(30)47)52-27-12-9-11-25(20-27)38(39,40)41/h7,9-12,14-15,18,20,26,29-31H,4-6,8,13,16-17,19,21-22H2,1-3H3,(H,42,49)(H,43,46)(H,44,48)/b10-7-/t26-,30+,31?,37-/m1/s1. The summed E-state index contributed by atoms with van der Waals surface area (Å²) in [6, 6.07) is 6.93. The minimum absolute atomic E-state index is 0.0537. The van der Waals surface area contributed by atoms with Crippen molar-refractivity contribution in [2.45, 2.75) is 120 Å². The predicted octanol–water partition coefficient (Wildman–Crippen LogP) is 5.65. The number of carbonyl (C=O) groups is 4. The zero-order chi connectivity index (χ0) is 39.1. The monoisotopic (exact) mass is 774 g/mol. The van der Waals surface area contributed by atoms with E-state index in [1.807, 2.05) is 12.2 Å². The van der Waals surface area contributed by atoms with Crippen molar-refractivity contribution in [3.05, 3.63) is 71.3 Å². The third-order valence-corrected chi connectivity index (χ3v) is 11.8. The minimum atomic E-state index is -4.58. The van der Waals surface area contributed by atoms with Crippen molar-refractivity contribution >= 4 is 33.8 Å². The molecule has 2 aromatic carbocycles. The number of sulfonamides is 1. The number of halogens is 3. The van der Waals surface area contributed by atoms with Crippen LogP contribution in [0.25, 0.3) is 0 Å². The van der Waals surface area contributed by atoms with Gasteiger partial charge in [0, 0.05) is 18.9 Å². The van der Waals surface area contributed by atoms with E-state index in [9.17, 15) is 40.8 Å². The largest absolute Gasteiger partial charge is 0.457 e. The van der Waals surface area contributed by atoms with E-state index in [1.165, 1.54) is 17.0 Å². The van der Waals surface area contributed by atoms with E-state index in [1.54, 1.807) is 39.0 Å². The van der Waals surface area contributed by atoms with E-state index in [0.717, 1.165) is 25.0 Å². The van der Waals surface area contributed by atoms with Crippen LogP contribution in [-0.4, -0.2) is 65.6 Å². The molecule has 1 unspecified atom stereocenters. The van der Waals surface area contributed by atoms with Crippen molar-refractivity contribution in [2.24, 2.45) is 5.92 Å². The van der Waals surface area contributed by atoms with Gasteiger partial charge < -0.3 is 25.0 Å². The zero-order valence-corrected chi connectivity index (χ0v) is 31.1. The van der Waals surface area contributed by atoms with Crippen molar-refractivity contribution < 1.29 is 50.2 Å². The molecule has 0 bridgehead atoms. The van der Waals surface area contributed by atoms with E-state index < -0.39 is 80.0 Å². The van der Waals surface area contributed by atoms with Gasteiger partial charge in [0.1, 0.15) is 34.7 Å². The van der Waals surface area contributed by atoms with Gasteiger partial charge in [-0.1, -0.05) is 37.1 Å². The van der Waals surface area contributed by atoms with Crippen LogP contribution in [0.4, 0.5) is 18.0 Å². The normalized spacial score (nSPS) is 25.7. The summed E-state index contributed by atoms with van der Waals surface area (Å²) in [5.41, 5.74) is -2.10. The molecule has 292 valence electrons. The van der Waals surface area contributed by atoms with Gasteiger partial charge >= 0.3 is 12.3 Å². The number of fused-ring (bicyclic) bond motifs is 3. The van der Waals surface area contributed by atoms with Gasteiger partial charge in [0.2, 0.25) is 21.8 Å². The Balaban J connectivity index is 1.33. The molecule has 4 atom stereocenters. The fourth-order valence-electron chi connectivity index (χ4n) is 6.88. The Bertz CT molecular complexity index is 1940. The molecular weight excluding hydrogens is 729 g/mol. The zero-order valence-electron chi connectivity index (χ0n) is 30.3. The fourth-order valence-corrected chi connectivity index (χ4v) is 8.25. The number of hydrogen-bond acceptors (Lipinski definition) is 8. The van der Waals surface area contributed by atoms with Crippen LogP contribution in [0.3, 0.4) is 0 Å². The number of nitrogens with zero attached hydrogens (tertiary/aromatic N) is 1. The predicted molar refractivity (Wildman–Crippen MR) is 190 cm³/mol. The van der Waals surface area contributed by atoms with Gasteiger partial charge in [0.15, 0.2) is 0 Å². The molecule has 4 aliphatic rings. The molecule has 2 fully saturated rings. The molecule has 6 rings (SSSR count). The van der Waals surface area contributed by atoms with Gasteiger partial charge in [-0.25, -0.2) is 13.2 Å². The number of ether oxygens (including phenoxy) is 2. The van der Waals surface area contributed by atoms with Gasteiger partial charge in [-0.2, -0.15) is 13.2 Å². The van der Waals surface area contributed by atoms with Crippen LogP contribution in [0.1, 0.15) is 88.8 Å². The number of carbonyl (C=O) groups excluding carboxylic acids is 4. The number of amides is 4. The maximum Gasteiger partial charge on any atom is 0.416 e. The van der Waals surface area contributed by atoms with Crippen LogP contribution in [0, 0.1) is 5.92 Å². The number of rotatable bonds is 6. The van der Waals surface area contributed by atoms with Gasteiger partial charge in [0.05, 0.1) is 10.8 Å². The first-order valence-electron chi connectivity index (χ1n) is 18.2. The first kappa shape index (κ1) is 39.1. The van der Waals surface area contributed by atoms with E-state index in [-0.39, 0.29) is 37.3 Å². The second-order valence-corrected chi connectivity index (χ2v) is 17.4. The maximum atomic E-state index is 14.5. The molecule has 2 aliphatic carbocycles. The van der Waals surface area contributed by atoms with Crippen molar-refractivity contribution in [1.82, 2.24) is 20.3 Å². The lowest BCUT2D eigenvalue weighted by molar-refractivity contribution is -0.144. The smallest absolute Gasteiger partial charge is 0.416 e. The fraction of sp³-hybridized carbons (Fsp3) is 0.526. The van der Waals surface area contributed by atoms with Crippen LogP contribution >= 0.6 is 0 Å². The van der Waals surface area contributed by atoms with Crippen molar-refractivity contribution in [1.29, 1.82) is 0 Å². The molecule has 2 aromatic rings. The number of nitrogens with one attached hydrogen (secondary N) is 3. The summed E-state index contributed by atoms with van der Waals surface area (Å²) in [7, 11) is -3.94. The molecule has 2 aliphatic heterocycles. The Labute approximate surface area is 312 Å². The van der Waals surface area contributed by atoms with Crippen LogP contribution < -0.4 is 20.1 Å². The van der Waals surface area contributed by atoms with E-state index in [2.05, 4.69) is 15.4 Å². The first-order chi connectivity index (χ1) is 25.3. The summed E-state index contributed by atoms with van der Waals surface area (Å²) < 4.78 is 79.2. The van der Waals surface area contributed by atoms with Crippen molar-refractivity contribution in [3.63, 3.8) is 0 Å². The van der Waals surface area contributed by atoms with Gasteiger partial charge in [-0.3, -0.25) is 19.1 Å². The minimum Gasteiger partial charge on any atom is -0.457 e. The maximum absolute atomic E-state index is 14.5. The number of allylic oxidation sites excluding steroid dienone is 1. The van der Waals surface area contributed by atoms with E-state index in [4.69, 9.17) is 9.47 Å². The number of hydrogen-bond donors (Lipinski definition) is 3. The van der Waals surface area contributed by atoms with Crippen LogP contribution in [-0.2, 0) is 48.3 Å². The lowest BCUT2D eigenvalue weighted by atomic mass is 9.91. The average Bonchev–Trinajstić information content (AvgIpc) is 4.01. The molecule has 0 saturated heterocycles. The quantitative estimate of drug-likeness (QED) is 0.318. The van der Waals surface area contributed by atoms with E-state index >= 15 is 0 Å². The Morgan fingerprint density at radius 3 is 2.41 bits per heavy atom. The molecule has 2 saturated carbocycles. The highest BCUT2D eigenvalue weighted by Gasteiger charge is 2.62. The topological polar surface area (TPSA) is 160 Å². The number of alkyl halides is 3. The highest BCUT2D eigenvalue weighted by molar-refractivity contribution is 7.91. The molecule has 16 heteroatoms. The highest BCUT2D eigenvalue weighted by atomic mass is 32.2. The van der Waals surface area contributed by atoms with Gasteiger partial charge in [-0.05, 0) is 101 Å². The summed E-state index contributed by atoms with van der Waals surface area (Å²) in [6.45, 7) is 5.00. The van der Waals surface area contributed by atoms with E-state index in [0.29, 0.717) is 36.8 Å². The second kappa shape index (κ2) is 14.9.